The van der Waals surface area contributed by atoms with Gasteiger partial charge in [0.05, 0.1) is 7.11 Å². The summed E-state index contributed by atoms with van der Waals surface area (Å²) < 4.78 is 24.1. The number of hydrogen-bond acceptors (Lipinski definition) is 5. The summed E-state index contributed by atoms with van der Waals surface area (Å²) in [6.45, 7) is 8.05. The Kier molecular flexibility index (Phi) is 9.20. The first-order chi connectivity index (χ1) is 13.5. The molecule has 0 aliphatic carbocycles. The lowest BCUT2D eigenvalue weighted by molar-refractivity contribution is 0.0705. The van der Waals surface area contributed by atoms with E-state index < -0.39 is 6.10 Å². The summed E-state index contributed by atoms with van der Waals surface area (Å²) in [5.41, 5.74) is 2.07. The Hall–Kier alpha value is -2.15. The van der Waals surface area contributed by atoms with Gasteiger partial charge in [0.25, 0.3) is 0 Å². The first-order valence-corrected chi connectivity index (χ1v) is 9.71. The number of likely N-dealkylation sites (N-methyl/N-ethyl adjacent to an activating group) is 1. The number of aliphatic hydroxyl groups is 1. The zero-order chi connectivity index (χ0) is 20.4. The Balaban J connectivity index is 1.85. The quantitative estimate of drug-likeness (QED) is 0.583. The molecule has 2 rings (SSSR count). The molecule has 2 N–H and O–H groups in total. The zero-order valence-electron chi connectivity index (χ0n) is 17.0. The van der Waals surface area contributed by atoms with Crippen LogP contribution in [0.3, 0.4) is 0 Å². The molecule has 1 atom stereocenters. The van der Waals surface area contributed by atoms with Gasteiger partial charge < -0.3 is 24.8 Å². The molecular weight excluding hydrogens is 359 g/mol. The summed E-state index contributed by atoms with van der Waals surface area (Å²) in [4.78, 5) is 2.15. The molecule has 0 aromatic heterocycles. The molecule has 6 heteroatoms. The number of halogens is 1. The molecular formula is C22H31FN2O3. The van der Waals surface area contributed by atoms with Crippen LogP contribution in [0.1, 0.15) is 25.0 Å². The van der Waals surface area contributed by atoms with E-state index in [0.29, 0.717) is 31.1 Å². The molecule has 154 valence electrons. The number of aliphatic hydroxyl groups excluding tert-OH is 1. The van der Waals surface area contributed by atoms with E-state index in [9.17, 15) is 9.50 Å². The van der Waals surface area contributed by atoms with Crippen LogP contribution in [0.15, 0.2) is 42.5 Å². The van der Waals surface area contributed by atoms with Crippen LogP contribution in [0.4, 0.5) is 4.39 Å². The van der Waals surface area contributed by atoms with E-state index in [1.165, 1.54) is 12.1 Å². The highest BCUT2D eigenvalue weighted by molar-refractivity contribution is 5.43. The third kappa shape index (κ3) is 7.11. The molecule has 2 aromatic rings. The molecule has 0 saturated carbocycles. The second kappa shape index (κ2) is 11.6. The summed E-state index contributed by atoms with van der Waals surface area (Å²) in [6.07, 6.45) is -0.554. The molecule has 0 fully saturated rings. The van der Waals surface area contributed by atoms with Gasteiger partial charge in [0.2, 0.25) is 0 Å². The summed E-state index contributed by atoms with van der Waals surface area (Å²) in [5.74, 6) is 1.02. The van der Waals surface area contributed by atoms with Crippen molar-refractivity contribution in [3.05, 3.63) is 59.4 Å². The van der Waals surface area contributed by atoms with Crippen molar-refractivity contribution in [2.24, 2.45) is 0 Å². The highest BCUT2D eigenvalue weighted by atomic mass is 19.1. The van der Waals surface area contributed by atoms with Crippen molar-refractivity contribution < 1.29 is 19.0 Å². The van der Waals surface area contributed by atoms with E-state index in [-0.39, 0.29) is 12.4 Å². The second-order valence-corrected chi connectivity index (χ2v) is 6.67. The van der Waals surface area contributed by atoms with Crippen LogP contribution in [-0.4, -0.2) is 49.5 Å². The average molecular weight is 390 g/mol. The van der Waals surface area contributed by atoms with Crippen molar-refractivity contribution in [2.75, 3.05) is 33.4 Å². The summed E-state index contributed by atoms with van der Waals surface area (Å²) in [6, 6.07) is 12.2. The Bertz CT molecular complexity index is 705. The second-order valence-electron chi connectivity index (χ2n) is 6.67. The van der Waals surface area contributed by atoms with Crippen molar-refractivity contribution in [3.63, 3.8) is 0 Å². The normalized spacial score (nSPS) is 12.2. The number of benzene rings is 2. The fourth-order valence-electron chi connectivity index (χ4n) is 2.91. The molecule has 0 aliphatic rings. The monoisotopic (exact) mass is 390 g/mol. The van der Waals surface area contributed by atoms with Crippen molar-refractivity contribution >= 4 is 0 Å². The van der Waals surface area contributed by atoms with Gasteiger partial charge in [-0.2, -0.15) is 0 Å². The number of nitrogens with one attached hydrogen (secondary N) is 1. The van der Waals surface area contributed by atoms with Gasteiger partial charge in [0, 0.05) is 19.6 Å². The number of methoxy groups -OCH3 is 1. The van der Waals surface area contributed by atoms with E-state index in [1.807, 2.05) is 18.2 Å². The molecule has 0 saturated heterocycles. The maximum absolute atomic E-state index is 12.9. The molecule has 0 aliphatic heterocycles. The predicted molar refractivity (Wildman–Crippen MR) is 109 cm³/mol. The number of ether oxygens (including phenoxy) is 2. The van der Waals surface area contributed by atoms with Gasteiger partial charge in [0.1, 0.15) is 18.5 Å². The maximum atomic E-state index is 12.9. The summed E-state index contributed by atoms with van der Waals surface area (Å²) in [5, 5.41) is 13.5. The highest BCUT2D eigenvalue weighted by Crippen LogP contribution is 2.28. The predicted octanol–water partition coefficient (Wildman–Crippen LogP) is 3.21. The van der Waals surface area contributed by atoms with Crippen LogP contribution in [0.25, 0.3) is 0 Å². The molecule has 0 heterocycles. The third-order valence-electron chi connectivity index (χ3n) is 4.59. The Morgan fingerprint density at radius 2 is 1.64 bits per heavy atom. The summed E-state index contributed by atoms with van der Waals surface area (Å²) >= 11 is 0. The van der Waals surface area contributed by atoms with Gasteiger partial charge in [-0.25, -0.2) is 4.39 Å². The van der Waals surface area contributed by atoms with E-state index in [0.717, 1.165) is 24.2 Å². The van der Waals surface area contributed by atoms with Crippen molar-refractivity contribution in [3.8, 4) is 11.5 Å². The van der Waals surface area contributed by atoms with Gasteiger partial charge in [0.15, 0.2) is 11.5 Å². The summed E-state index contributed by atoms with van der Waals surface area (Å²) in [7, 11) is 1.60. The molecule has 0 spiro atoms. The van der Waals surface area contributed by atoms with Gasteiger partial charge in [-0.3, -0.25) is 0 Å². The van der Waals surface area contributed by atoms with Crippen LogP contribution in [0, 0.1) is 5.82 Å². The number of hydrogen-bond donors (Lipinski definition) is 2. The van der Waals surface area contributed by atoms with Crippen LogP contribution in [-0.2, 0) is 13.1 Å². The largest absolute Gasteiger partial charge is 0.493 e. The van der Waals surface area contributed by atoms with Gasteiger partial charge >= 0.3 is 0 Å². The number of rotatable bonds is 12. The molecule has 0 radical (unpaired) electrons. The zero-order valence-corrected chi connectivity index (χ0v) is 17.0. The van der Waals surface area contributed by atoms with Crippen molar-refractivity contribution in [1.29, 1.82) is 0 Å². The lowest BCUT2D eigenvalue weighted by Crippen LogP contribution is -2.35. The standard InChI is InChI=1S/C22H31FN2O3/c1-4-25(5-2)15-20(26)16-28-21-11-8-18(12-22(21)27-3)14-24-13-17-6-9-19(23)10-7-17/h6-12,20,24,26H,4-5,13-16H2,1-3H3/t20-/m0/s1. The first kappa shape index (κ1) is 22.1. The van der Waals surface area contributed by atoms with E-state index in [1.54, 1.807) is 19.2 Å². The van der Waals surface area contributed by atoms with Crippen LogP contribution in [0.5, 0.6) is 11.5 Å². The number of nitrogens with zero attached hydrogens (tertiary/aromatic N) is 1. The molecule has 0 bridgehead atoms. The molecule has 0 amide bonds. The molecule has 5 nitrogen and oxygen atoms in total. The minimum absolute atomic E-state index is 0.217. The molecule has 2 aromatic carbocycles. The molecule has 0 unspecified atom stereocenters. The van der Waals surface area contributed by atoms with E-state index >= 15 is 0 Å². The Labute approximate surface area is 167 Å². The van der Waals surface area contributed by atoms with Gasteiger partial charge in [-0.1, -0.05) is 32.0 Å². The van der Waals surface area contributed by atoms with Crippen molar-refractivity contribution in [1.82, 2.24) is 10.2 Å². The molecule has 28 heavy (non-hydrogen) atoms. The van der Waals surface area contributed by atoms with Crippen LogP contribution >= 0.6 is 0 Å². The maximum Gasteiger partial charge on any atom is 0.161 e. The minimum atomic E-state index is -0.554. The van der Waals surface area contributed by atoms with Crippen LogP contribution in [0.2, 0.25) is 0 Å². The lowest BCUT2D eigenvalue weighted by atomic mass is 10.2. The van der Waals surface area contributed by atoms with Crippen LogP contribution < -0.4 is 14.8 Å². The topological polar surface area (TPSA) is 54.0 Å². The SMILES string of the molecule is CCN(CC)C[C@H](O)COc1ccc(CNCc2ccc(F)cc2)cc1OC. The Morgan fingerprint density at radius 1 is 1.00 bits per heavy atom. The van der Waals surface area contributed by atoms with E-state index in [2.05, 4.69) is 24.1 Å². The fourth-order valence-corrected chi connectivity index (χ4v) is 2.91. The van der Waals surface area contributed by atoms with Crippen molar-refractivity contribution in [2.45, 2.75) is 33.0 Å². The minimum Gasteiger partial charge on any atom is -0.493 e. The van der Waals surface area contributed by atoms with Gasteiger partial charge in [-0.05, 0) is 48.5 Å². The fraction of sp³-hybridized carbons (Fsp3) is 0.455. The van der Waals surface area contributed by atoms with E-state index in [4.69, 9.17) is 9.47 Å². The Morgan fingerprint density at radius 3 is 2.29 bits per heavy atom. The average Bonchev–Trinajstić information content (AvgIpc) is 2.72. The third-order valence-corrected chi connectivity index (χ3v) is 4.59. The van der Waals surface area contributed by atoms with Gasteiger partial charge in [-0.15, -0.1) is 0 Å². The lowest BCUT2D eigenvalue weighted by Gasteiger charge is -2.22. The first-order valence-electron chi connectivity index (χ1n) is 9.71. The smallest absolute Gasteiger partial charge is 0.161 e. The highest BCUT2D eigenvalue weighted by Gasteiger charge is 2.12.